The summed E-state index contributed by atoms with van der Waals surface area (Å²) in [5, 5.41) is 5.55. The number of hydrogen-bond donors (Lipinski definition) is 2. The molecule has 1 heterocycles. The first-order valence-corrected chi connectivity index (χ1v) is 10.2. The van der Waals surface area contributed by atoms with Crippen LogP contribution in [0.15, 0.2) is 48.5 Å². The quantitative estimate of drug-likeness (QED) is 0.646. The molecule has 1 atom stereocenters. The Bertz CT molecular complexity index is 945. The summed E-state index contributed by atoms with van der Waals surface area (Å²) in [6.07, 6.45) is 2.62. The molecule has 0 radical (unpaired) electrons. The van der Waals surface area contributed by atoms with E-state index in [0.29, 0.717) is 24.1 Å². The Balaban J connectivity index is 1.82. The SMILES string of the molecule is CCCC[C@@]1(c2ccc(F)cc2)NC(=O)N(CC(=O)Nc2ccccc2CC)C1=O. The standard InChI is InChI=1S/C23H26FN3O3/c1-3-5-14-23(17-10-12-18(24)13-11-17)21(29)27(22(30)26-23)15-20(28)25-19-9-7-6-8-16(19)4-2/h6-13H,3-5,14-15H2,1-2H3,(H,25,28)(H,26,30)/t23-/m0/s1. The van der Waals surface area contributed by atoms with Crippen molar-refractivity contribution in [1.82, 2.24) is 10.2 Å². The minimum atomic E-state index is -1.29. The molecule has 0 unspecified atom stereocenters. The van der Waals surface area contributed by atoms with Crippen molar-refractivity contribution in [3.63, 3.8) is 0 Å². The summed E-state index contributed by atoms with van der Waals surface area (Å²) < 4.78 is 13.4. The molecule has 3 rings (SSSR count). The number of halogens is 1. The second kappa shape index (κ2) is 9.07. The number of para-hydroxylation sites is 1. The number of carbonyl (C=O) groups excluding carboxylic acids is 3. The molecule has 0 aromatic heterocycles. The number of hydrogen-bond acceptors (Lipinski definition) is 3. The van der Waals surface area contributed by atoms with Crippen molar-refractivity contribution in [2.24, 2.45) is 0 Å². The van der Waals surface area contributed by atoms with Gasteiger partial charge in [0.05, 0.1) is 0 Å². The van der Waals surface area contributed by atoms with Crippen LogP contribution in [-0.4, -0.2) is 29.3 Å². The fourth-order valence-electron chi connectivity index (χ4n) is 3.74. The average Bonchev–Trinajstić information content (AvgIpc) is 2.98. The van der Waals surface area contributed by atoms with Crippen LogP contribution in [0.2, 0.25) is 0 Å². The van der Waals surface area contributed by atoms with Crippen LogP contribution in [0.25, 0.3) is 0 Å². The highest BCUT2D eigenvalue weighted by atomic mass is 19.1. The van der Waals surface area contributed by atoms with Crippen molar-refractivity contribution in [3.05, 3.63) is 65.5 Å². The molecule has 7 heteroatoms. The van der Waals surface area contributed by atoms with E-state index in [0.717, 1.165) is 23.3 Å². The van der Waals surface area contributed by atoms with E-state index in [9.17, 15) is 18.8 Å². The van der Waals surface area contributed by atoms with Crippen LogP contribution in [0.5, 0.6) is 0 Å². The van der Waals surface area contributed by atoms with Crippen LogP contribution < -0.4 is 10.6 Å². The molecule has 4 amide bonds. The average molecular weight is 411 g/mol. The number of carbonyl (C=O) groups is 3. The van der Waals surface area contributed by atoms with E-state index in [-0.39, 0.29) is 0 Å². The highest BCUT2D eigenvalue weighted by Crippen LogP contribution is 2.34. The molecular weight excluding hydrogens is 385 g/mol. The number of anilines is 1. The van der Waals surface area contributed by atoms with Crippen molar-refractivity contribution in [3.8, 4) is 0 Å². The highest BCUT2D eigenvalue weighted by Gasteiger charge is 2.52. The molecule has 1 aliphatic heterocycles. The Kier molecular flexibility index (Phi) is 6.50. The maximum atomic E-state index is 13.4. The number of nitrogens with one attached hydrogen (secondary N) is 2. The number of rotatable bonds is 8. The van der Waals surface area contributed by atoms with Gasteiger partial charge in [0, 0.05) is 5.69 Å². The molecule has 1 fully saturated rings. The number of nitrogens with zero attached hydrogens (tertiary/aromatic N) is 1. The normalized spacial score (nSPS) is 18.4. The number of urea groups is 1. The van der Waals surface area contributed by atoms with E-state index in [1.165, 1.54) is 24.3 Å². The van der Waals surface area contributed by atoms with Crippen molar-refractivity contribution in [1.29, 1.82) is 0 Å². The monoisotopic (exact) mass is 411 g/mol. The molecular formula is C23H26FN3O3. The highest BCUT2D eigenvalue weighted by molar-refractivity contribution is 6.10. The Hall–Kier alpha value is -3.22. The molecule has 30 heavy (non-hydrogen) atoms. The third-order valence-corrected chi connectivity index (χ3v) is 5.39. The largest absolute Gasteiger partial charge is 0.325 e. The van der Waals surface area contributed by atoms with E-state index in [1.807, 2.05) is 32.0 Å². The van der Waals surface area contributed by atoms with Crippen LogP contribution in [0.3, 0.4) is 0 Å². The van der Waals surface area contributed by atoms with Gasteiger partial charge in [-0.1, -0.05) is 57.0 Å². The summed E-state index contributed by atoms with van der Waals surface area (Å²) in [7, 11) is 0. The minimum Gasteiger partial charge on any atom is -0.324 e. The van der Waals surface area contributed by atoms with Gasteiger partial charge in [-0.05, 0) is 42.2 Å². The first-order chi connectivity index (χ1) is 14.4. The number of imide groups is 1. The molecule has 0 bridgehead atoms. The van der Waals surface area contributed by atoms with Crippen LogP contribution in [0, 0.1) is 5.82 Å². The van der Waals surface area contributed by atoms with Gasteiger partial charge in [-0.3, -0.25) is 14.5 Å². The Morgan fingerprint density at radius 1 is 1.10 bits per heavy atom. The Morgan fingerprint density at radius 2 is 1.80 bits per heavy atom. The first kappa shape index (κ1) is 21.5. The van der Waals surface area contributed by atoms with Gasteiger partial charge in [0.15, 0.2) is 0 Å². The molecule has 2 N–H and O–H groups in total. The lowest BCUT2D eigenvalue weighted by molar-refractivity contribution is -0.134. The topological polar surface area (TPSA) is 78.5 Å². The summed E-state index contributed by atoms with van der Waals surface area (Å²) in [5.74, 6) is -1.37. The summed E-state index contributed by atoms with van der Waals surface area (Å²) >= 11 is 0. The molecule has 0 saturated carbocycles. The zero-order chi connectivity index (χ0) is 21.7. The number of benzene rings is 2. The molecule has 158 valence electrons. The van der Waals surface area contributed by atoms with Gasteiger partial charge < -0.3 is 10.6 Å². The molecule has 2 aromatic rings. The molecule has 1 aliphatic rings. The lowest BCUT2D eigenvalue weighted by Crippen LogP contribution is -2.44. The van der Waals surface area contributed by atoms with Gasteiger partial charge in [-0.2, -0.15) is 0 Å². The van der Waals surface area contributed by atoms with Crippen LogP contribution >= 0.6 is 0 Å². The maximum absolute atomic E-state index is 13.4. The van der Waals surface area contributed by atoms with E-state index < -0.39 is 35.7 Å². The number of amides is 4. The maximum Gasteiger partial charge on any atom is 0.325 e. The van der Waals surface area contributed by atoms with Crippen molar-refractivity contribution in [2.45, 2.75) is 45.1 Å². The Morgan fingerprint density at radius 3 is 2.47 bits per heavy atom. The van der Waals surface area contributed by atoms with Gasteiger partial charge in [0.1, 0.15) is 17.9 Å². The second-order valence-corrected chi connectivity index (χ2v) is 7.40. The summed E-state index contributed by atoms with van der Waals surface area (Å²) in [4.78, 5) is 39.5. The van der Waals surface area contributed by atoms with E-state index >= 15 is 0 Å². The lowest BCUT2D eigenvalue weighted by atomic mass is 9.85. The van der Waals surface area contributed by atoms with Gasteiger partial charge in [-0.25, -0.2) is 9.18 Å². The fraction of sp³-hybridized carbons (Fsp3) is 0.348. The van der Waals surface area contributed by atoms with Crippen molar-refractivity contribution >= 4 is 23.5 Å². The van der Waals surface area contributed by atoms with Crippen LogP contribution in [0.4, 0.5) is 14.9 Å². The summed E-state index contributed by atoms with van der Waals surface area (Å²) in [5.41, 5.74) is 0.844. The number of unbranched alkanes of at least 4 members (excludes halogenated alkanes) is 1. The molecule has 0 aliphatic carbocycles. The third-order valence-electron chi connectivity index (χ3n) is 5.39. The predicted octanol–water partition coefficient (Wildman–Crippen LogP) is 3.96. The molecule has 6 nitrogen and oxygen atoms in total. The van der Waals surface area contributed by atoms with E-state index in [1.54, 1.807) is 6.07 Å². The zero-order valence-corrected chi connectivity index (χ0v) is 17.2. The predicted molar refractivity (Wildman–Crippen MR) is 112 cm³/mol. The van der Waals surface area contributed by atoms with Crippen LogP contribution in [0.1, 0.15) is 44.2 Å². The van der Waals surface area contributed by atoms with E-state index in [4.69, 9.17) is 0 Å². The first-order valence-electron chi connectivity index (χ1n) is 10.2. The number of aryl methyl sites for hydroxylation is 1. The van der Waals surface area contributed by atoms with Crippen molar-refractivity contribution < 1.29 is 18.8 Å². The minimum absolute atomic E-state index is 0.372. The van der Waals surface area contributed by atoms with Gasteiger partial charge >= 0.3 is 6.03 Å². The molecule has 1 saturated heterocycles. The van der Waals surface area contributed by atoms with Gasteiger partial charge in [0.25, 0.3) is 5.91 Å². The smallest absolute Gasteiger partial charge is 0.324 e. The molecule has 2 aromatic carbocycles. The summed E-state index contributed by atoms with van der Waals surface area (Å²) in [6.45, 7) is 3.57. The van der Waals surface area contributed by atoms with Gasteiger partial charge in [-0.15, -0.1) is 0 Å². The molecule has 0 spiro atoms. The third kappa shape index (κ3) is 4.20. The zero-order valence-electron chi connectivity index (χ0n) is 17.2. The lowest BCUT2D eigenvalue weighted by Gasteiger charge is -2.27. The van der Waals surface area contributed by atoms with E-state index in [2.05, 4.69) is 10.6 Å². The van der Waals surface area contributed by atoms with Crippen molar-refractivity contribution in [2.75, 3.05) is 11.9 Å². The Labute approximate surface area is 175 Å². The second-order valence-electron chi connectivity index (χ2n) is 7.40. The summed E-state index contributed by atoms with van der Waals surface area (Å²) in [6, 6.07) is 12.3. The fourth-order valence-corrected chi connectivity index (χ4v) is 3.74. The van der Waals surface area contributed by atoms with Crippen LogP contribution in [-0.2, 0) is 21.5 Å². The van der Waals surface area contributed by atoms with Gasteiger partial charge in [0.2, 0.25) is 5.91 Å².